The van der Waals surface area contributed by atoms with Crippen LogP contribution in [-0.2, 0) is 17.0 Å². The molecule has 0 saturated heterocycles. The molecule has 2 aromatic rings. The van der Waals surface area contributed by atoms with E-state index in [0.29, 0.717) is 4.90 Å². The molecule has 17 heavy (non-hydrogen) atoms. The van der Waals surface area contributed by atoms with Crippen molar-refractivity contribution in [2.24, 2.45) is 0 Å². The van der Waals surface area contributed by atoms with Crippen LogP contribution < -0.4 is 0 Å². The number of nitrogens with zero attached hydrogens (tertiary/aromatic N) is 2. The van der Waals surface area contributed by atoms with Crippen molar-refractivity contribution in [2.75, 3.05) is 0 Å². The molecule has 1 heterocycles. The molecular formula is C9H5F3N2O2S. The lowest BCUT2D eigenvalue weighted by molar-refractivity contribution is -0.159. The van der Waals surface area contributed by atoms with Crippen LogP contribution in [0, 0.1) is 0 Å². The Hall–Kier alpha value is -1.70. The molecule has 0 spiro atoms. The standard InChI is InChI=1S/C9H5F3N2O2S/c10-9(11,12)7-13-8(14-16-7)17(15)6-4-2-1-3-5-6/h1-5H. The van der Waals surface area contributed by atoms with E-state index in [4.69, 9.17) is 0 Å². The molecule has 0 aliphatic rings. The average Bonchev–Trinajstić information content (AvgIpc) is 2.78. The summed E-state index contributed by atoms with van der Waals surface area (Å²) in [5.74, 6) is -1.50. The summed E-state index contributed by atoms with van der Waals surface area (Å²) in [5, 5.41) is 2.56. The molecule has 0 amide bonds. The zero-order valence-electron chi connectivity index (χ0n) is 8.14. The van der Waals surface area contributed by atoms with Gasteiger partial charge in [0.15, 0.2) is 0 Å². The zero-order valence-corrected chi connectivity index (χ0v) is 8.96. The highest BCUT2D eigenvalue weighted by Gasteiger charge is 2.39. The van der Waals surface area contributed by atoms with Crippen LogP contribution in [0.3, 0.4) is 0 Å². The van der Waals surface area contributed by atoms with Gasteiger partial charge in [-0.1, -0.05) is 18.2 Å². The van der Waals surface area contributed by atoms with E-state index in [1.165, 1.54) is 12.1 Å². The third kappa shape index (κ3) is 2.52. The maximum atomic E-state index is 12.2. The number of hydrogen-bond acceptors (Lipinski definition) is 4. The van der Waals surface area contributed by atoms with Crippen molar-refractivity contribution in [1.29, 1.82) is 0 Å². The van der Waals surface area contributed by atoms with Crippen molar-refractivity contribution >= 4 is 10.8 Å². The summed E-state index contributed by atoms with van der Waals surface area (Å²) in [6.45, 7) is 0. The summed E-state index contributed by atoms with van der Waals surface area (Å²) < 4.78 is 52.3. The Morgan fingerprint density at radius 3 is 2.35 bits per heavy atom. The van der Waals surface area contributed by atoms with E-state index < -0.39 is 28.0 Å². The van der Waals surface area contributed by atoms with Crippen LogP contribution in [0.25, 0.3) is 0 Å². The molecule has 90 valence electrons. The van der Waals surface area contributed by atoms with Crippen molar-refractivity contribution in [3.05, 3.63) is 36.2 Å². The van der Waals surface area contributed by atoms with Gasteiger partial charge in [-0.2, -0.15) is 18.2 Å². The predicted molar refractivity (Wildman–Crippen MR) is 50.4 cm³/mol. The maximum absolute atomic E-state index is 12.2. The summed E-state index contributed by atoms with van der Waals surface area (Å²) in [6, 6.07) is 7.91. The fourth-order valence-corrected chi connectivity index (χ4v) is 1.94. The first-order valence-electron chi connectivity index (χ1n) is 4.36. The number of benzene rings is 1. The first-order valence-corrected chi connectivity index (χ1v) is 5.51. The second-order valence-electron chi connectivity index (χ2n) is 2.96. The Labute approximate surface area is 95.9 Å². The number of halogens is 3. The van der Waals surface area contributed by atoms with Crippen LogP contribution in [0.5, 0.6) is 0 Å². The lowest BCUT2D eigenvalue weighted by Crippen LogP contribution is -2.05. The normalized spacial score (nSPS) is 13.6. The van der Waals surface area contributed by atoms with E-state index >= 15 is 0 Å². The number of rotatable bonds is 2. The molecule has 4 nitrogen and oxygen atoms in total. The third-order valence-electron chi connectivity index (χ3n) is 1.77. The largest absolute Gasteiger partial charge is 0.471 e. The van der Waals surface area contributed by atoms with E-state index in [0.717, 1.165) is 0 Å². The topological polar surface area (TPSA) is 56.0 Å². The number of hydrogen-bond donors (Lipinski definition) is 0. The highest BCUT2D eigenvalue weighted by molar-refractivity contribution is 7.84. The highest BCUT2D eigenvalue weighted by atomic mass is 32.2. The van der Waals surface area contributed by atoms with E-state index in [1.54, 1.807) is 18.2 Å². The lowest BCUT2D eigenvalue weighted by atomic mass is 10.4. The molecule has 0 aliphatic carbocycles. The van der Waals surface area contributed by atoms with Gasteiger partial charge in [-0.3, -0.25) is 0 Å². The lowest BCUT2D eigenvalue weighted by Gasteiger charge is -1.96. The van der Waals surface area contributed by atoms with Crippen LogP contribution in [0.15, 0.2) is 44.9 Å². The summed E-state index contributed by atoms with van der Waals surface area (Å²) in [5.41, 5.74) is 0. The Bertz CT molecular complexity index is 539. The Morgan fingerprint density at radius 1 is 1.18 bits per heavy atom. The van der Waals surface area contributed by atoms with Gasteiger partial charge in [0, 0.05) is 4.90 Å². The summed E-state index contributed by atoms with van der Waals surface area (Å²) >= 11 is 0. The average molecular weight is 262 g/mol. The van der Waals surface area contributed by atoms with E-state index in [2.05, 4.69) is 14.7 Å². The van der Waals surface area contributed by atoms with E-state index in [1.807, 2.05) is 0 Å². The molecule has 0 bridgehead atoms. The number of alkyl halides is 3. The first-order chi connectivity index (χ1) is 7.98. The molecule has 8 heteroatoms. The van der Waals surface area contributed by atoms with Crippen molar-refractivity contribution in [3.63, 3.8) is 0 Å². The number of aromatic nitrogens is 2. The van der Waals surface area contributed by atoms with Gasteiger partial charge in [0.2, 0.25) is 0 Å². The van der Waals surface area contributed by atoms with Crippen molar-refractivity contribution in [1.82, 2.24) is 10.1 Å². The fraction of sp³-hybridized carbons (Fsp3) is 0.111. The molecule has 0 aliphatic heterocycles. The quantitative estimate of drug-likeness (QED) is 0.833. The Kier molecular flexibility index (Phi) is 2.97. The highest BCUT2D eigenvalue weighted by Crippen LogP contribution is 2.28. The van der Waals surface area contributed by atoms with Crippen LogP contribution in [0.2, 0.25) is 0 Å². The molecule has 0 radical (unpaired) electrons. The maximum Gasteiger partial charge on any atom is 0.471 e. The smallest absolute Gasteiger partial charge is 0.328 e. The van der Waals surface area contributed by atoms with Crippen molar-refractivity contribution in [3.8, 4) is 0 Å². The summed E-state index contributed by atoms with van der Waals surface area (Å²) in [6.07, 6.45) is -4.73. The van der Waals surface area contributed by atoms with Gasteiger partial charge in [0.05, 0.1) is 0 Å². The fourth-order valence-electron chi connectivity index (χ4n) is 1.05. The van der Waals surface area contributed by atoms with Gasteiger partial charge in [0.25, 0.3) is 5.16 Å². The van der Waals surface area contributed by atoms with Crippen LogP contribution in [0.4, 0.5) is 13.2 Å². The van der Waals surface area contributed by atoms with Crippen LogP contribution in [-0.4, -0.2) is 14.3 Å². The van der Waals surface area contributed by atoms with Crippen molar-refractivity contribution < 1.29 is 21.9 Å². The SMILES string of the molecule is O=S(c1ccccc1)c1noc(C(F)(F)F)n1. The van der Waals surface area contributed by atoms with Crippen LogP contribution >= 0.6 is 0 Å². The van der Waals surface area contributed by atoms with Gasteiger partial charge >= 0.3 is 12.1 Å². The third-order valence-corrected chi connectivity index (χ3v) is 2.97. The Morgan fingerprint density at radius 2 is 1.82 bits per heavy atom. The van der Waals surface area contributed by atoms with Gasteiger partial charge in [-0.25, -0.2) is 4.21 Å². The molecule has 0 fully saturated rings. The minimum atomic E-state index is -4.73. The molecular weight excluding hydrogens is 257 g/mol. The molecule has 2 rings (SSSR count). The monoisotopic (exact) mass is 262 g/mol. The predicted octanol–water partition coefficient (Wildman–Crippen LogP) is 2.26. The van der Waals surface area contributed by atoms with E-state index in [9.17, 15) is 17.4 Å². The minimum Gasteiger partial charge on any atom is -0.328 e. The summed E-state index contributed by atoms with van der Waals surface area (Å²) in [4.78, 5) is 3.36. The van der Waals surface area contributed by atoms with Crippen LogP contribution in [0.1, 0.15) is 5.89 Å². The van der Waals surface area contributed by atoms with Gasteiger partial charge in [-0.15, -0.1) is 0 Å². The van der Waals surface area contributed by atoms with Gasteiger partial charge in [0.1, 0.15) is 10.8 Å². The first kappa shape index (κ1) is 11.8. The molecule has 1 atom stereocenters. The van der Waals surface area contributed by atoms with E-state index in [-0.39, 0.29) is 0 Å². The molecule has 1 aromatic heterocycles. The molecule has 0 N–H and O–H groups in total. The Balaban J connectivity index is 2.30. The molecule has 1 aromatic carbocycles. The van der Waals surface area contributed by atoms with Gasteiger partial charge in [-0.05, 0) is 17.3 Å². The zero-order chi connectivity index (χ0) is 12.5. The van der Waals surface area contributed by atoms with Crippen molar-refractivity contribution in [2.45, 2.75) is 16.2 Å². The van der Waals surface area contributed by atoms with Gasteiger partial charge < -0.3 is 4.52 Å². The molecule has 1 unspecified atom stereocenters. The second-order valence-corrected chi connectivity index (χ2v) is 4.34. The summed E-state index contributed by atoms with van der Waals surface area (Å²) in [7, 11) is -1.88. The minimum absolute atomic E-state index is 0.307. The molecule has 0 saturated carbocycles. The second kappa shape index (κ2) is 4.28.